The maximum atomic E-state index is 12.9. The molecule has 0 unspecified atom stereocenters. The van der Waals surface area contributed by atoms with Crippen LogP contribution >= 0.6 is 0 Å². The largest absolute Gasteiger partial charge is 0.468 e. The Balaban J connectivity index is 2.39. The van der Waals surface area contributed by atoms with Crippen LogP contribution in [-0.4, -0.2) is 51.3 Å². The summed E-state index contributed by atoms with van der Waals surface area (Å²) in [5.74, 6) is -3.04. The molecule has 28 heavy (non-hydrogen) atoms. The first kappa shape index (κ1) is 21.9. The predicted octanol–water partition coefficient (Wildman–Crippen LogP) is 1.66. The van der Waals surface area contributed by atoms with Crippen LogP contribution in [0.25, 0.3) is 0 Å². The Labute approximate surface area is 164 Å². The number of carbonyl (C=O) groups excluding carboxylic acids is 3. The fourth-order valence-corrected chi connectivity index (χ4v) is 5.00. The number of rotatable bonds is 4. The zero-order chi connectivity index (χ0) is 21.1. The van der Waals surface area contributed by atoms with Gasteiger partial charge < -0.3 is 9.47 Å². The highest BCUT2D eigenvalue weighted by molar-refractivity contribution is 7.89. The molecule has 0 radical (unpaired) electrons. The van der Waals surface area contributed by atoms with Crippen molar-refractivity contribution in [3.05, 3.63) is 29.8 Å². The van der Waals surface area contributed by atoms with Gasteiger partial charge in [-0.15, -0.1) is 0 Å². The van der Waals surface area contributed by atoms with E-state index in [0.717, 1.165) is 24.1 Å². The Morgan fingerprint density at radius 3 is 2.14 bits per heavy atom. The van der Waals surface area contributed by atoms with Crippen molar-refractivity contribution in [2.75, 3.05) is 20.8 Å². The van der Waals surface area contributed by atoms with E-state index in [0.29, 0.717) is 0 Å². The fourth-order valence-electron chi connectivity index (χ4n) is 3.56. The topological polar surface area (TPSA) is 107 Å². The Kier molecular flexibility index (Phi) is 6.48. The smallest absolute Gasteiger partial charge is 0.323 e. The van der Waals surface area contributed by atoms with Crippen LogP contribution in [0.3, 0.4) is 0 Å². The van der Waals surface area contributed by atoms with Gasteiger partial charge in [-0.25, -0.2) is 12.7 Å². The van der Waals surface area contributed by atoms with E-state index in [2.05, 4.69) is 0 Å². The number of amides is 1. The molecular weight excluding hydrogens is 386 g/mol. The van der Waals surface area contributed by atoms with Crippen LogP contribution in [-0.2, 0) is 33.9 Å². The molecule has 1 atom stereocenters. The average molecular weight is 411 g/mol. The number of hydrogen-bond donors (Lipinski definition) is 0. The molecule has 0 aromatic heterocycles. The Morgan fingerprint density at radius 1 is 1.11 bits per heavy atom. The molecule has 0 spiro atoms. The summed E-state index contributed by atoms with van der Waals surface area (Å²) in [7, 11) is -1.71. The number of ether oxygens (including phenoxy) is 2. The van der Waals surface area contributed by atoms with Gasteiger partial charge in [-0.1, -0.05) is 24.6 Å². The van der Waals surface area contributed by atoms with Gasteiger partial charge in [0.15, 0.2) is 5.41 Å². The van der Waals surface area contributed by atoms with Crippen molar-refractivity contribution in [1.29, 1.82) is 0 Å². The van der Waals surface area contributed by atoms with Crippen LogP contribution in [0.2, 0.25) is 0 Å². The van der Waals surface area contributed by atoms with Crippen molar-refractivity contribution in [3.63, 3.8) is 0 Å². The molecule has 1 aromatic carbocycles. The number of sulfonamides is 1. The maximum absolute atomic E-state index is 12.9. The van der Waals surface area contributed by atoms with Crippen molar-refractivity contribution < 1.29 is 32.3 Å². The third-order valence-electron chi connectivity index (χ3n) is 5.24. The van der Waals surface area contributed by atoms with E-state index in [9.17, 15) is 22.8 Å². The van der Waals surface area contributed by atoms with Gasteiger partial charge in [-0.2, -0.15) is 0 Å². The highest BCUT2D eigenvalue weighted by Crippen LogP contribution is 2.40. The lowest BCUT2D eigenvalue weighted by Crippen LogP contribution is -2.51. The molecule has 1 saturated heterocycles. The van der Waals surface area contributed by atoms with Gasteiger partial charge in [0.2, 0.25) is 5.91 Å². The van der Waals surface area contributed by atoms with Crippen molar-refractivity contribution in [2.24, 2.45) is 11.3 Å². The molecule has 0 saturated carbocycles. The summed E-state index contributed by atoms with van der Waals surface area (Å²) < 4.78 is 36.3. The normalized spacial score (nSPS) is 20.1. The maximum Gasteiger partial charge on any atom is 0.323 e. The average Bonchev–Trinajstić information content (AvgIpc) is 2.65. The van der Waals surface area contributed by atoms with Gasteiger partial charge in [0, 0.05) is 13.0 Å². The summed E-state index contributed by atoms with van der Waals surface area (Å²) >= 11 is 0. The number of esters is 2. The van der Waals surface area contributed by atoms with Gasteiger partial charge in [0.1, 0.15) is 0 Å². The highest BCUT2D eigenvalue weighted by Gasteiger charge is 2.54. The minimum absolute atomic E-state index is 0.0146. The SMILES string of the molecule is COC(=O)C1(C(=O)OC)CCCN(S(=O)(=O)c2ccc(C)cc2)C(=O)C[C@H]1C. The second kappa shape index (κ2) is 8.30. The van der Waals surface area contributed by atoms with Crippen LogP contribution in [0.1, 0.15) is 31.7 Å². The summed E-state index contributed by atoms with van der Waals surface area (Å²) in [5, 5.41) is 0. The fraction of sp³-hybridized carbons (Fsp3) is 0.526. The molecule has 1 heterocycles. The lowest BCUT2D eigenvalue weighted by atomic mass is 9.70. The quantitative estimate of drug-likeness (QED) is 0.548. The molecular formula is C19H25NO7S. The first-order valence-electron chi connectivity index (χ1n) is 8.90. The van der Waals surface area contributed by atoms with Gasteiger partial charge in [0.05, 0.1) is 19.1 Å². The molecule has 8 nitrogen and oxygen atoms in total. The van der Waals surface area contributed by atoms with Crippen molar-refractivity contribution in [1.82, 2.24) is 4.31 Å². The van der Waals surface area contributed by atoms with Crippen LogP contribution < -0.4 is 0 Å². The molecule has 0 N–H and O–H groups in total. The van der Waals surface area contributed by atoms with E-state index in [4.69, 9.17) is 9.47 Å². The van der Waals surface area contributed by atoms with E-state index in [1.807, 2.05) is 6.92 Å². The van der Waals surface area contributed by atoms with Crippen LogP contribution in [0.4, 0.5) is 0 Å². The van der Waals surface area contributed by atoms with Gasteiger partial charge in [-0.05, 0) is 37.8 Å². The van der Waals surface area contributed by atoms with E-state index in [1.54, 1.807) is 19.1 Å². The van der Waals surface area contributed by atoms with Gasteiger partial charge >= 0.3 is 11.9 Å². The van der Waals surface area contributed by atoms with E-state index in [-0.39, 0.29) is 30.7 Å². The molecule has 0 aliphatic carbocycles. The summed E-state index contributed by atoms with van der Waals surface area (Å²) in [4.78, 5) is 37.7. The number of benzene rings is 1. The van der Waals surface area contributed by atoms with E-state index >= 15 is 0 Å². The first-order chi connectivity index (χ1) is 13.1. The first-order valence-corrected chi connectivity index (χ1v) is 10.3. The molecule has 1 fully saturated rings. The summed E-state index contributed by atoms with van der Waals surface area (Å²) in [6, 6.07) is 6.22. The molecule has 2 rings (SSSR count). The van der Waals surface area contributed by atoms with E-state index in [1.165, 1.54) is 12.1 Å². The zero-order valence-electron chi connectivity index (χ0n) is 16.4. The predicted molar refractivity (Wildman–Crippen MR) is 99.6 cm³/mol. The Morgan fingerprint density at radius 2 is 1.64 bits per heavy atom. The molecule has 154 valence electrons. The number of methoxy groups -OCH3 is 2. The highest BCUT2D eigenvalue weighted by atomic mass is 32.2. The summed E-state index contributed by atoms with van der Waals surface area (Å²) in [5.41, 5.74) is -0.744. The minimum atomic E-state index is -4.03. The number of hydrogen-bond acceptors (Lipinski definition) is 7. The zero-order valence-corrected chi connectivity index (χ0v) is 17.2. The molecule has 1 amide bonds. The van der Waals surface area contributed by atoms with Crippen molar-refractivity contribution >= 4 is 27.9 Å². The number of nitrogens with zero attached hydrogens (tertiary/aromatic N) is 1. The number of aryl methyl sites for hydroxylation is 1. The van der Waals surface area contributed by atoms with Crippen molar-refractivity contribution in [3.8, 4) is 0 Å². The monoisotopic (exact) mass is 411 g/mol. The second-order valence-corrected chi connectivity index (χ2v) is 8.81. The number of carbonyl (C=O) groups is 3. The summed E-state index contributed by atoms with van der Waals surface area (Å²) in [6.07, 6.45) is -0.179. The van der Waals surface area contributed by atoms with Crippen molar-refractivity contribution in [2.45, 2.75) is 38.0 Å². The minimum Gasteiger partial charge on any atom is -0.468 e. The summed E-state index contributed by atoms with van der Waals surface area (Å²) in [6.45, 7) is 3.24. The second-order valence-electron chi connectivity index (χ2n) is 6.95. The lowest BCUT2D eigenvalue weighted by molar-refractivity contribution is -0.175. The van der Waals surface area contributed by atoms with Crippen LogP contribution in [0.5, 0.6) is 0 Å². The lowest BCUT2D eigenvalue weighted by Gasteiger charge is -2.37. The molecule has 9 heteroatoms. The molecule has 1 aliphatic rings. The standard InChI is InChI=1S/C19H25NO7S/c1-13-6-8-15(9-7-13)28(24,25)20-11-5-10-19(17(22)26-3,18(23)27-4)14(2)12-16(20)21/h6-9,14H,5,10-12H2,1-4H3/t14-/m1/s1. The Bertz CT molecular complexity index is 845. The third-order valence-corrected chi connectivity index (χ3v) is 7.08. The van der Waals surface area contributed by atoms with Gasteiger partial charge in [-0.3, -0.25) is 14.4 Å². The van der Waals surface area contributed by atoms with Crippen LogP contribution in [0.15, 0.2) is 29.2 Å². The molecule has 1 aliphatic heterocycles. The van der Waals surface area contributed by atoms with Crippen LogP contribution in [0, 0.1) is 18.3 Å². The molecule has 1 aromatic rings. The molecule has 0 bridgehead atoms. The third kappa shape index (κ3) is 3.76. The van der Waals surface area contributed by atoms with Gasteiger partial charge in [0.25, 0.3) is 10.0 Å². The van der Waals surface area contributed by atoms with E-state index < -0.39 is 39.2 Å². The Hall–Kier alpha value is -2.42.